The van der Waals surface area contributed by atoms with Gasteiger partial charge in [-0.15, -0.1) is 0 Å². The molecule has 1 spiro atoms. The van der Waals surface area contributed by atoms with Gasteiger partial charge in [-0.25, -0.2) is 9.18 Å². The number of fused-ring (bicyclic) bond motifs is 2. The molecular formula is C20H28FN3O. The quantitative estimate of drug-likeness (QED) is 0.849. The van der Waals surface area contributed by atoms with Crippen LogP contribution in [0.1, 0.15) is 39.2 Å². The van der Waals surface area contributed by atoms with Crippen LogP contribution < -0.4 is 10.2 Å². The number of anilines is 1. The predicted octanol–water partition coefficient (Wildman–Crippen LogP) is 3.68. The number of hydrogen-bond donors (Lipinski definition) is 1. The van der Waals surface area contributed by atoms with E-state index in [1.165, 1.54) is 11.6 Å². The summed E-state index contributed by atoms with van der Waals surface area (Å²) in [5, 5.41) is 2.88. The minimum absolute atomic E-state index is 0.0841. The lowest BCUT2D eigenvalue weighted by Crippen LogP contribution is -2.47. The van der Waals surface area contributed by atoms with Gasteiger partial charge in [0, 0.05) is 30.7 Å². The highest BCUT2D eigenvalue weighted by atomic mass is 19.1. The minimum atomic E-state index is -0.220. The molecule has 0 saturated carbocycles. The van der Waals surface area contributed by atoms with Gasteiger partial charge in [0.25, 0.3) is 0 Å². The molecule has 0 aliphatic carbocycles. The number of hydrogen-bond acceptors (Lipinski definition) is 2. The van der Waals surface area contributed by atoms with E-state index in [-0.39, 0.29) is 17.3 Å². The molecule has 0 atom stereocenters. The third-order valence-corrected chi connectivity index (χ3v) is 5.43. The van der Waals surface area contributed by atoms with Crippen LogP contribution in [0, 0.1) is 5.82 Å². The Kier molecular flexibility index (Phi) is 5.13. The topological polar surface area (TPSA) is 35.6 Å². The molecule has 2 aliphatic rings. The Hall–Kier alpha value is -1.88. The Morgan fingerprint density at radius 2 is 2.04 bits per heavy atom. The Morgan fingerprint density at radius 3 is 2.68 bits per heavy atom. The number of urea groups is 1. The number of nitrogens with one attached hydrogen (secondary N) is 1. The van der Waals surface area contributed by atoms with Gasteiger partial charge in [0.1, 0.15) is 5.82 Å². The number of rotatable bonds is 3. The lowest BCUT2D eigenvalue weighted by Gasteiger charge is -2.39. The third kappa shape index (κ3) is 3.56. The van der Waals surface area contributed by atoms with Gasteiger partial charge in [-0.1, -0.05) is 11.6 Å². The van der Waals surface area contributed by atoms with Gasteiger partial charge in [0.15, 0.2) is 0 Å². The number of piperidine rings is 1. The Bertz CT molecular complexity index is 674. The number of likely N-dealkylation sites (tertiary alicyclic amines) is 1. The maximum absolute atomic E-state index is 13.9. The summed E-state index contributed by atoms with van der Waals surface area (Å²) in [5.41, 5.74) is 3.07. The zero-order chi connectivity index (χ0) is 18.0. The molecule has 4 nitrogen and oxygen atoms in total. The van der Waals surface area contributed by atoms with E-state index in [9.17, 15) is 9.18 Å². The maximum atomic E-state index is 13.9. The molecule has 0 bridgehead atoms. The lowest BCUT2D eigenvalue weighted by atomic mass is 9.74. The molecule has 1 aromatic rings. The summed E-state index contributed by atoms with van der Waals surface area (Å²) in [7, 11) is 0. The highest BCUT2D eigenvalue weighted by molar-refractivity contribution is 5.95. The van der Waals surface area contributed by atoms with E-state index in [0.29, 0.717) is 13.1 Å². The SMILES string of the molecule is CCNC(=O)N1CC2(CCN(CC=C(C)C)CC2)c2cc(F)ccc21. The highest BCUT2D eigenvalue weighted by Gasteiger charge is 2.46. The number of carbonyl (C=O) groups excluding carboxylic acids is 1. The first-order chi connectivity index (χ1) is 11.9. The molecule has 2 amide bonds. The van der Waals surface area contributed by atoms with Gasteiger partial charge in [-0.05, 0) is 70.5 Å². The monoisotopic (exact) mass is 345 g/mol. The molecule has 0 radical (unpaired) electrons. The van der Waals surface area contributed by atoms with Crippen molar-refractivity contribution in [2.45, 2.75) is 39.0 Å². The number of benzene rings is 1. The van der Waals surface area contributed by atoms with Crippen molar-refractivity contribution < 1.29 is 9.18 Å². The van der Waals surface area contributed by atoms with E-state index in [0.717, 1.165) is 43.7 Å². The first-order valence-electron chi connectivity index (χ1n) is 9.16. The Balaban J connectivity index is 1.82. The molecule has 0 aromatic heterocycles. The van der Waals surface area contributed by atoms with E-state index in [1.54, 1.807) is 17.0 Å². The van der Waals surface area contributed by atoms with Crippen LogP contribution in [0.5, 0.6) is 0 Å². The second-order valence-electron chi connectivity index (χ2n) is 7.45. The molecular weight excluding hydrogens is 317 g/mol. The van der Waals surface area contributed by atoms with Crippen molar-refractivity contribution in [2.75, 3.05) is 37.6 Å². The van der Waals surface area contributed by atoms with Gasteiger partial charge in [-0.3, -0.25) is 9.80 Å². The first kappa shape index (κ1) is 17.9. The number of halogens is 1. The average molecular weight is 345 g/mol. The predicted molar refractivity (Wildman–Crippen MR) is 99.6 cm³/mol. The van der Waals surface area contributed by atoms with Crippen molar-refractivity contribution in [3.8, 4) is 0 Å². The van der Waals surface area contributed by atoms with Crippen LogP contribution in [0.4, 0.5) is 14.9 Å². The smallest absolute Gasteiger partial charge is 0.321 e. The fraction of sp³-hybridized carbons (Fsp3) is 0.550. The second-order valence-corrected chi connectivity index (χ2v) is 7.45. The molecule has 1 aromatic carbocycles. The number of carbonyl (C=O) groups is 1. The molecule has 1 saturated heterocycles. The van der Waals surface area contributed by atoms with Crippen LogP contribution in [0.25, 0.3) is 0 Å². The minimum Gasteiger partial charge on any atom is -0.338 e. The summed E-state index contributed by atoms with van der Waals surface area (Å²) in [6.07, 6.45) is 4.16. The van der Waals surface area contributed by atoms with E-state index in [2.05, 4.69) is 30.1 Å². The fourth-order valence-electron chi connectivity index (χ4n) is 3.97. The summed E-state index contributed by atoms with van der Waals surface area (Å²) in [4.78, 5) is 16.7. The number of amides is 2. The van der Waals surface area contributed by atoms with Gasteiger partial charge in [0.2, 0.25) is 0 Å². The zero-order valence-corrected chi connectivity index (χ0v) is 15.4. The van der Waals surface area contributed by atoms with E-state index >= 15 is 0 Å². The number of allylic oxidation sites excluding steroid dienone is 1. The standard InChI is InChI=1S/C20H28FN3O/c1-4-22-19(25)24-14-20(17-13-16(21)5-6-18(17)24)8-11-23(12-9-20)10-7-15(2)3/h5-7,13H,4,8-12,14H2,1-3H3,(H,22,25). The molecule has 5 heteroatoms. The fourth-order valence-corrected chi connectivity index (χ4v) is 3.97. The van der Waals surface area contributed by atoms with E-state index in [4.69, 9.17) is 0 Å². The van der Waals surface area contributed by atoms with Crippen molar-refractivity contribution in [3.05, 3.63) is 41.2 Å². The number of nitrogens with zero attached hydrogens (tertiary/aromatic N) is 2. The zero-order valence-electron chi connectivity index (χ0n) is 15.4. The summed E-state index contributed by atoms with van der Waals surface area (Å²) in [5.74, 6) is -0.220. The van der Waals surface area contributed by atoms with E-state index < -0.39 is 0 Å². The van der Waals surface area contributed by atoms with Crippen LogP contribution >= 0.6 is 0 Å². The maximum Gasteiger partial charge on any atom is 0.321 e. The van der Waals surface area contributed by atoms with Crippen molar-refractivity contribution in [2.24, 2.45) is 0 Å². The molecule has 1 N–H and O–H groups in total. The largest absolute Gasteiger partial charge is 0.338 e. The second kappa shape index (κ2) is 7.16. The highest BCUT2D eigenvalue weighted by Crippen LogP contribution is 2.47. The molecule has 2 heterocycles. The van der Waals surface area contributed by atoms with Gasteiger partial charge < -0.3 is 5.32 Å². The lowest BCUT2D eigenvalue weighted by molar-refractivity contribution is 0.179. The Morgan fingerprint density at radius 1 is 1.32 bits per heavy atom. The summed E-state index contributed by atoms with van der Waals surface area (Å²) in [6, 6.07) is 4.76. The molecule has 3 rings (SSSR count). The first-order valence-corrected chi connectivity index (χ1v) is 9.16. The third-order valence-electron chi connectivity index (χ3n) is 5.43. The van der Waals surface area contributed by atoms with Crippen molar-refractivity contribution in [3.63, 3.8) is 0 Å². The van der Waals surface area contributed by atoms with Gasteiger partial charge in [0.05, 0.1) is 0 Å². The summed E-state index contributed by atoms with van der Waals surface area (Å²) >= 11 is 0. The van der Waals surface area contributed by atoms with Gasteiger partial charge in [-0.2, -0.15) is 0 Å². The summed E-state index contributed by atoms with van der Waals surface area (Å²) in [6.45, 7) is 10.3. The van der Waals surface area contributed by atoms with Crippen LogP contribution in [0.2, 0.25) is 0 Å². The van der Waals surface area contributed by atoms with E-state index in [1.807, 2.05) is 6.92 Å². The molecule has 0 unspecified atom stereocenters. The van der Waals surface area contributed by atoms with Crippen molar-refractivity contribution in [1.29, 1.82) is 0 Å². The molecule has 136 valence electrons. The van der Waals surface area contributed by atoms with Crippen LogP contribution in [0.15, 0.2) is 29.8 Å². The van der Waals surface area contributed by atoms with Crippen molar-refractivity contribution >= 4 is 11.7 Å². The van der Waals surface area contributed by atoms with Crippen LogP contribution in [0.3, 0.4) is 0 Å². The van der Waals surface area contributed by atoms with Crippen molar-refractivity contribution in [1.82, 2.24) is 10.2 Å². The molecule has 25 heavy (non-hydrogen) atoms. The Labute approximate surface area is 149 Å². The average Bonchev–Trinajstić information content (AvgIpc) is 2.89. The van der Waals surface area contributed by atoms with Crippen LogP contribution in [-0.4, -0.2) is 43.7 Å². The summed E-state index contributed by atoms with van der Waals surface area (Å²) < 4.78 is 13.9. The van der Waals surface area contributed by atoms with Gasteiger partial charge >= 0.3 is 6.03 Å². The van der Waals surface area contributed by atoms with Crippen LogP contribution in [-0.2, 0) is 5.41 Å². The normalized spacial score (nSPS) is 19.0. The molecule has 2 aliphatic heterocycles. The molecule has 1 fully saturated rings.